The second-order valence-corrected chi connectivity index (χ2v) is 10.4. The molecule has 1 aromatic heterocycles. The molecule has 3 aliphatic heterocycles. The molecule has 8 heteroatoms. The van der Waals surface area contributed by atoms with Gasteiger partial charge >= 0.3 is 0 Å². The van der Waals surface area contributed by atoms with E-state index in [9.17, 15) is 9.59 Å². The Morgan fingerprint density at radius 2 is 2.00 bits per heavy atom. The summed E-state index contributed by atoms with van der Waals surface area (Å²) in [5.41, 5.74) is 0.352. The quantitative estimate of drug-likeness (QED) is 0.788. The van der Waals surface area contributed by atoms with Gasteiger partial charge in [0.25, 0.3) is 5.91 Å². The van der Waals surface area contributed by atoms with Crippen LogP contribution in [0, 0.1) is 0 Å². The SMILES string of the molecule is CC(C)n1ccc(C(=O)N2CCC3(CCCN3C(=O)C3SCCS3)C2)n1. The van der Waals surface area contributed by atoms with E-state index in [4.69, 9.17) is 0 Å². The van der Waals surface area contributed by atoms with Gasteiger partial charge in [-0.3, -0.25) is 14.3 Å². The molecule has 142 valence electrons. The molecule has 1 aromatic rings. The van der Waals surface area contributed by atoms with Gasteiger partial charge in [0.1, 0.15) is 10.3 Å². The van der Waals surface area contributed by atoms with Crippen LogP contribution in [-0.4, -0.2) is 72.7 Å². The predicted octanol–water partition coefficient (Wildman–Crippen LogP) is 2.48. The van der Waals surface area contributed by atoms with Crippen molar-refractivity contribution in [3.05, 3.63) is 18.0 Å². The number of rotatable bonds is 3. The Hall–Kier alpha value is -1.15. The van der Waals surface area contributed by atoms with Crippen molar-refractivity contribution < 1.29 is 9.59 Å². The van der Waals surface area contributed by atoms with E-state index in [-0.39, 0.29) is 28.0 Å². The van der Waals surface area contributed by atoms with Crippen LogP contribution in [-0.2, 0) is 4.79 Å². The maximum absolute atomic E-state index is 13.0. The number of carbonyl (C=O) groups is 2. The Balaban J connectivity index is 1.47. The average Bonchev–Trinajstić information content (AvgIpc) is 3.42. The van der Waals surface area contributed by atoms with Crippen molar-refractivity contribution in [1.82, 2.24) is 19.6 Å². The molecule has 6 nitrogen and oxygen atoms in total. The van der Waals surface area contributed by atoms with E-state index in [1.54, 1.807) is 29.6 Å². The standard InChI is InChI=1S/C18H26N4O2S2/c1-13(2)22-8-4-14(19-22)15(23)20-9-6-18(12-20)5-3-7-21(18)16(24)17-25-10-11-26-17/h4,8,13,17H,3,5-7,9-12H2,1-2H3. The van der Waals surface area contributed by atoms with Crippen LogP contribution >= 0.6 is 23.5 Å². The highest BCUT2D eigenvalue weighted by Gasteiger charge is 2.50. The Bertz CT molecular complexity index is 701. The van der Waals surface area contributed by atoms with E-state index in [2.05, 4.69) is 10.00 Å². The first-order valence-corrected chi connectivity index (χ1v) is 11.5. The molecule has 2 amide bonds. The Labute approximate surface area is 163 Å². The second-order valence-electron chi connectivity index (χ2n) is 7.64. The number of aromatic nitrogens is 2. The van der Waals surface area contributed by atoms with E-state index >= 15 is 0 Å². The van der Waals surface area contributed by atoms with Crippen LogP contribution in [0.1, 0.15) is 49.6 Å². The number of amides is 2. The third-order valence-corrected chi connectivity index (χ3v) is 8.63. The largest absolute Gasteiger partial charge is 0.335 e. The first kappa shape index (κ1) is 18.2. The summed E-state index contributed by atoms with van der Waals surface area (Å²) in [7, 11) is 0. The summed E-state index contributed by atoms with van der Waals surface area (Å²) in [5.74, 6) is 2.38. The molecule has 0 aromatic carbocycles. The van der Waals surface area contributed by atoms with Crippen molar-refractivity contribution >= 4 is 35.3 Å². The molecule has 3 aliphatic rings. The maximum Gasteiger partial charge on any atom is 0.274 e. The molecule has 4 rings (SSSR count). The molecule has 3 fully saturated rings. The van der Waals surface area contributed by atoms with Crippen LogP contribution in [0.15, 0.2) is 12.3 Å². The Kier molecular flexibility index (Phi) is 4.98. The Morgan fingerprint density at radius 1 is 1.23 bits per heavy atom. The lowest BCUT2D eigenvalue weighted by Gasteiger charge is -2.36. The van der Waals surface area contributed by atoms with Crippen molar-refractivity contribution in [3.8, 4) is 0 Å². The minimum atomic E-state index is -0.156. The lowest BCUT2D eigenvalue weighted by molar-refractivity contribution is -0.132. The van der Waals surface area contributed by atoms with Crippen molar-refractivity contribution in [2.45, 2.75) is 49.3 Å². The normalized spacial score (nSPS) is 26.6. The summed E-state index contributed by atoms with van der Waals surface area (Å²) in [6.45, 7) is 6.29. The Morgan fingerprint density at radius 3 is 2.69 bits per heavy atom. The molecule has 3 saturated heterocycles. The van der Waals surface area contributed by atoms with E-state index in [1.165, 1.54) is 0 Å². The third kappa shape index (κ3) is 3.15. The molecule has 1 spiro atoms. The van der Waals surface area contributed by atoms with Gasteiger partial charge in [0.05, 0.1) is 5.54 Å². The summed E-state index contributed by atoms with van der Waals surface area (Å²) in [4.78, 5) is 29.9. The summed E-state index contributed by atoms with van der Waals surface area (Å²) >= 11 is 3.53. The molecule has 0 aliphatic carbocycles. The molecule has 0 radical (unpaired) electrons. The fraction of sp³-hybridized carbons (Fsp3) is 0.722. The number of thioether (sulfide) groups is 2. The van der Waals surface area contributed by atoms with Gasteiger partial charge in [-0.15, -0.1) is 23.5 Å². The first-order chi connectivity index (χ1) is 12.5. The van der Waals surface area contributed by atoms with Gasteiger partial charge in [-0.2, -0.15) is 5.10 Å². The van der Waals surface area contributed by atoms with E-state index < -0.39 is 0 Å². The molecule has 0 bridgehead atoms. The molecule has 1 unspecified atom stereocenters. The van der Waals surface area contributed by atoms with Gasteiger partial charge in [0.2, 0.25) is 5.91 Å². The van der Waals surface area contributed by atoms with Gasteiger partial charge in [-0.05, 0) is 39.2 Å². The van der Waals surface area contributed by atoms with Gasteiger partial charge < -0.3 is 9.80 Å². The highest BCUT2D eigenvalue weighted by atomic mass is 32.2. The van der Waals surface area contributed by atoms with E-state index in [1.807, 2.05) is 29.6 Å². The van der Waals surface area contributed by atoms with Crippen LogP contribution in [0.4, 0.5) is 0 Å². The number of nitrogens with zero attached hydrogens (tertiary/aromatic N) is 4. The fourth-order valence-electron chi connectivity index (χ4n) is 4.27. The van der Waals surface area contributed by atoms with Crippen LogP contribution in [0.3, 0.4) is 0 Å². The van der Waals surface area contributed by atoms with Gasteiger partial charge in [-0.25, -0.2) is 0 Å². The number of hydrogen-bond donors (Lipinski definition) is 0. The molecule has 1 atom stereocenters. The van der Waals surface area contributed by atoms with E-state index in [0.29, 0.717) is 18.8 Å². The molecule has 0 saturated carbocycles. The molecule has 26 heavy (non-hydrogen) atoms. The minimum Gasteiger partial charge on any atom is -0.335 e. The molecule has 0 N–H and O–H groups in total. The van der Waals surface area contributed by atoms with E-state index in [0.717, 1.165) is 37.3 Å². The zero-order chi connectivity index (χ0) is 18.3. The first-order valence-electron chi connectivity index (χ1n) is 9.39. The lowest BCUT2D eigenvalue weighted by atomic mass is 9.95. The highest BCUT2D eigenvalue weighted by Crippen LogP contribution is 2.42. The van der Waals surface area contributed by atoms with Crippen molar-refractivity contribution in [2.24, 2.45) is 0 Å². The zero-order valence-electron chi connectivity index (χ0n) is 15.4. The van der Waals surface area contributed by atoms with Crippen molar-refractivity contribution in [3.63, 3.8) is 0 Å². The highest BCUT2D eigenvalue weighted by molar-refractivity contribution is 8.21. The zero-order valence-corrected chi connectivity index (χ0v) is 17.0. The monoisotopic (exact) mass is 394 g/mol. The lowest BCUT2D eigenvalue weighted by Crippen LogP contribution is -2.51. The fourth-order valence-corrected chi connectivity index (χ4v) is 6.97. The van der Waals surface area contributed by atoms with Gasteiger partial charge in [-0.1, -0.05) is 0 Å². The van der Waals surface area contributed by atoms with Crippen LogP contribution in [0.5, 0.6) is 0 Å². The summed E-state index contributed by atoms with van der Waals surface area (Å²) in [5, 5.41) is 4.42. The number of likely N-dealkylation sites (tertiary alicyclic amines) is 2. The number of carbonyl (C=O) groups excluding carboxylic acids is 2. The molecular formula is C18H26N4O2S2. The topological polar surface area (TPSA) is 58.4 Å². The molecule has 4 heterocycles. The summed E-state index contributed by atoms with van der Waals surface area (Å²) in [6.07, 6.45) is 4.80. The smallest absolute Gasteiger partial charge is 0.274 e. The molecular weight excluding hydrogens is 368 g/mol. The van der Waals surface area contributed by atoms with Gasteiger partial charge in [0, 0.05) is 43.4 Å². The average molecular weight is 395 g/mol. The van der Waals surface area contributed by atoms with Crippen molar-refractivity contribution in [1.29, 1.82) is 0 Å². The summed E-state index contributed by atoms with van der Waals surface area (Å²) < 4.78 is 1.87. The maximum atomic E-state index is 13.0. The third-order valence-electron chi connectivity index (χ3n) is 5.66. The number of hydrogen-bond acceptors (Lipinski definition) is 5. The van der Waals surface area contributed by atoms with Crippen LogP contribution in [0.25, 0.3) is 0 Å². The van der Waals surface area contributed by atoms with Crippen LogP contribution in [0.2, 0.25) is 0 Å². The van der Waals surface area contributed by atoms with Crippen LogP contribution < -0.4 is 0 Å². The summed E-state index contributed by atoms with van der Waals surface area (Å²) in [6, 6.07) is 2.04. The predicted molar refractivity (Wildman–Crippen MR) is 106 cm³/mol. The van der Waals surface area contributed by atoms with Gasteiger partial charge in [0.15, 0.2) is 0 Å². The second kappa shape index (κ2) is 7.11. The minimum absolute atomic E-state index is 0.00908. The van der Waals surface area contributed by atoms with Crippen molar-refractivity contribution in [2.75, 3.05) is 31.1 Å².